The number of benzene rings is 2. The number of methoxy groups -OCH3 is 2. The summed E-state index contributed by atoms with van der Waals surface area (Å²) in [5.41, 5.74) is 0.815. The van der Waals surface area contributed by atoms with Crippen molar-refractivity contribution in [1.29, 1.82) is 0 Å². The Kier molecular flexibility index (Phi) is 7.96. The predicted octanol–water partition coefficient (Wildman–Crippen LogP) is 4.31. The number of alkyl halides is 3. The summed E-state index contributed by atoms with van der Waals surface area (Å²) in [6.07, 6.45) is -4.57. The highest BCUT2D eigenvalue weighted by Gasteiger charge is 2.51. The fourth-order valence-corrected chi connectivity index (χ4v) is 5.25. The number of amides is 1. The molecule has 1 unspecified atom stereocenters. The van der Waals surface area contributed by atoms with Crippen LogP contribution in [0, 0.1) is 5.41 Å². The fourth-order valence-electron chi connectivity index (χ4n) is 5.25. The standard InChI is InChI=1S/C27H31F3N2O5/c1-35-21-14-19(15-22(16-21)36-2)17-31-11-8-26(9-12-31)10-13-32(24(33)20-6-4-3-5-7-20)18-23(26)37-25(34)27(28,29)30/h3-7,14-16,23H,8-13,17-18H2,1-2H3. The third-order valence-electron chi connectivity index (χ3n) is 7.41. The molecule has 200 valence electrons. The van der Waals surface area contributed by atoms with Crippen molar-refractivity contribution >= 4 is 11.9 Å². The van der Waals surface area contributed by atoms with Crippen LogP contribution in [0.2, 0.25) is 0 Å². The van der Waals surface area contributed by atoms with Crippen molar-refractivity contribution in [3.8, 4) is 11.5 Å². The molecule has 4 rings (SSSR count). The lowest BCUT2D eigenvalue weighted by atomic mass is 9.69. The fraction of sp³-hybridized carbons (Fsp3) is 0.481. The van der Waals surface area contributed by atoms with Crippen molar-refractivity contribution in [1.82, 2.24) is 9.80 Å². The minimum Gasteiger partial charge on any atom is -0.497 e. The lowest BCUT2D eigenvalue weighted by Crippen LogP contribution is -2.58. The van der Waals surface area contributed by atoms with Crippen LogP contribution in [0.1, 0.15) is 35.2 Å². The number of hydrogen-bond donors (Lipinski definition) is 0. The molecule has 10 heteroatoms. The SMILES string of the molecule is COc1cc(CN2CCC3(CC2)CCN(C(=O)c2ccccc2)CC3OC(=O)C(F)(F)F)cc(OC)c1. The van der Waals surface area contributed by atoms with Gasteiger partial charge in [0.15, 0.2) is 0 Å². The second kappa shape index (κ2) is 11.0. The van der Waals surface area contributed by atoms with Gasteiger partial charge in [-0.05, 0) is 62.2 Å². The van der Waals surface area contributed by atoms with Gasteiger partial charge in [0.25, 0.3) is 5.91 Å². The Hall–Kier alpha value is -3.27. The van der Waals surface area contributed by atoms with Crippen molar-refractivity contribution in [3.05, 3.63) is 59.7 Å². The van der Waals surface area contributed by atoms with Crippen LogP contribution in [0.4, 0.5) is 13.2 Å². The molecule has 2 aliphatic heterocycles. The van der Waals surface area contributed by atoms with Crippen LogP contribution in [0.3, 0.4) is 0 Å². The molecule has 0 radical (unpaired) electrons. The maximum absolute atomic E-state index is 13.1. The van der Waals surface area contributed by atoms with Crippen molar-refractivity contribution < 1.29 is 37.0 Å². The van der Waals surface area contributed by atoms with Crippen LogP contribution in [0.25, 0.3) is 0 Å². The molecular formula is C27H31F3N2O5. The summed E-state index contributed by atoms with van der Waals surface area (Å²) < 4.78 is 55.1. The molecule has 2 aliphatic rings. The first kappa shape index (κ1) is 26.8. The number of halogens is 3. The van der Waals surface area contributed by atoms with Gasteiger partial charge >= 0.3 is 12.1 Å². The molecule has 7 nitrogen and oxygen atoms in total. The van der Waals surface area contributed by atoms with Gasteiger partial charge in [-0.2, -0.15) is 13.2 Å². The summed E-state index contributed by atoms with van der Waals surface area (Å²) in [5, 5.41) is 0. The summed E-state index contributed by atoms with van der Waals surface area (Å²) in [4.78, 5) is 28.5. The van der Waals surface area contributed by atoms with Gasteiger partial charge in [0.05, 0.1) is 20.8 Å². The van der Waals surface area contributed by atoms with Crippen LogP contribution >= 0.6 is 0 Å². The molecule has 2 aromatic carbocycles. The van der Waals surface area contributed by atoms with Gasteiger partial charge in [0, 0.05) is 30.1 Å². The number of likely N-dealkylation sites (tertiary alicyclic amines) is 2. The van der Waals surface area contributed by atoms with E-state index in [1.54, 1.807) is 50.6 Å². The molecule has 0 N–H and O–H groups in total. The Morgan fingerprint density at radius 1 is 0.946 bits per heavy atom. The maximum Gasteiger partial charge on any atom is 0.490 e. The van der Waals surface area contributed by atoms with Gasteiger partial charge < -0.3 is 19.1 Å². The Morgan fingerprint density at radius 3 is 2.11 bits per heavy atom. The number of esters is 1. The zero-order valence-corrected chi connectivity index (χ0v) is 20.9. The molecule has 0 saturated carbocycles. The highest BCUT2D eigenvalue weighted by atomic mass is 19.4. The van der Waals surface area contributed by atoms with E-state index < -0.39 is 23.7 Å². The van der Waals surface area contributed by atoms with E-state index in [4.69, 9.17) is 14.2 Å². The smallest absolute Gasteiger partial charge is 0.490 e. The first-order valence-corrected chi connectivity index (χ1v) is 12.2. The Bertz CT molecular complexity index is 1080. The van der Waals surface area contributed by atoms with Crippen LogP contribution < -0.4 is 9.47 Å². The van der Waals surface area contributed by atoms with E-state index in [1.165, 1.54) is 4.90 Å². The topological polar surface area (TPSA) is 68.3 Å². The van der Waals surface area contributed by atoms with Crippen LogP contribution in [0.15, 0.2) is 48.5 Å². The zero-order chi connectivity index (χ0) is 26.6. The van der Waals surface area contributed by atoms with Crippen LogP contribution in [-0.4, -0.2) is 74.4 Å². The molecule has 2 heterocycles. The summed E-state index contributed by atoms with van der Waals surface area (Å²) in [6, 6.07) is 14.2. The van der Waals surface area contributed by atoms with Crippen molar-refractivity contribution in [2.45, 2.75) is 38.1 Å². The van der Waals surface area contributed by atoms with E-state index in [1.807, 2.05) is 12.1 Å². The highest BCUT2D eigenvalue weighted by Crippen LogP contribution is 2.44. The van der Waals surface area contributed by atoms with Crippen LogP contribution in [0.5, 0.6) is 11.5 Å². The quantitative estimate of drug-likeness (QED) is 0.529. The molecule has 37 heavy (non-hydrogen) atoms. The maximum atomic E-state index is 13.1. The second-order valence-electron chi connectivity index (χ2n) is 9.62. The van der Waals surface area contributed by atoms with Gasteiger partial charge in [0.1, 0.15) is 17.6 Å². The summed E-state index contributed by atoms with van der Waals surface area (Å²) in [5.74, 6) is -1.14. The van der Waals surface area contributed by atoms with Gasteiger partial charge in [-0.25, -0.2) is 4.79 Å². The zero-order valence-electron chi connectivity index (χ0n) is 20.9. The third kappa shape index (κ3) is 6.18. The number of carbonyl (C=O) groups excluding carboxylic acids is 2. The number of ether oxygens (including phenoxy) is 3. The van der Waals surface area contributed by atoms with E-state index in [-0.39, 0.29) is 12.5 Å². The summed E-state index contributed by atoms with van der Waals surface area (Å²) >= 11 is 0. The van der Waals surface area contributed by atoms with Crippen LogP contribution in [-0.2, 0) is 16.1 Å². The van der Waals surface area contributed by atoms with Gasteiger partial charge in [-0.1, -0.05) is 18.2 Å². The molecule has 1 amide bonds. The Balaban J connectivity index is 1.48. The average Bonchev–Trinajstić information content (AvgIpc) is 2.90. The van der Waals surface area contributed by atoms with Gasteiger partial charge in [-0.3, -0.25) is 9.69 Å². The number of rotatable bonds is 6. The average molecular weight is 521 g/mol. The molecule has 2 saturated heterocycles. The number of nitrogens with zero attached hydrogens (tertiary/aromatic N) is 2. The van der Waals surface area contributed by atoms with Gasteiger partial charge in [-0.15, -0.1) is 0 Å². The summed E-state index contributed by atoms with van der Waals surface area (Å²) in [6.45, 7) is 2.18. The van der Waals surface area contributed by atoms with Crippen molar-refractivity contribution in [2.75, 3.05) is 40.4 Å². The van der Waals surface area contributed by atoms with Crippen molar-refractivity contribution in [2.24, 2.45) is 5.41 Å². The lowest BCUT2D eigenvalue weighted by molar-refractivity contribution is -0.216. The predicted molar refractivity (Wildman–Crippen MR) is 129 cm³/mol. The molecule has 2 aromatic rings. The molecule has 1 atom stereocenters. The molecule has 2 fully saturated rings. The van der Waals surface area contributed by atoms with E-state index in [0.29, 0.717) is 62.5 Å². The second-order valence-corrected chi connectivity index (χ2v) is 9.62. The number of hydrogen-bond acceptors (Lipinski definition) is 6. The Labute approximate surface area is 214 Å². The summed E-state index contributed by atoms with van der Waals surface area (Å²) in [7, 11) is 3.17. The van der Waals surface area contributed by atoms with E-state index in [2.05, 4.69) is 4.90 Å². The largest absolute Gasteiger partial charge is 0.497 e. The van der Waals surface area contributed by atoms with E-state index in [0.717, 1.165) is 5.56 Å². The van der Waals surface area contributed by atoms with E-state index in [9.17, 15) is 22.8 Å². The molecular weight excluding hydrogens is 489 g/mol. The number of piperidine rings is 2. The first-order chi connectivity index (χ1) is 17.6. The number of carbonyl (C=O) groups is 2. The highest BCUT2D eigenvalue weighted by molar-refractivity contribution is 5.94. The third-order valence-corrected chi connectivity index (χ3v) is 7.41. The monoisotopic (exact) mass is 520 g/mol. The Morgan fingerprint density at radius 2 is 1.54 bits per heavy atom. The molecule has 0 aromatic heterocycles. The first-order valence-electron chi connectivity index (χ1n) is 12.2. The van der Waals surface area contributed by atoms with Gasteiger partial charge in [0.2, 0.25) is 0 Å². The minimum absolute atomic E-state index is 0.0668. The van der Waals surface area contributed by atoms with E-state index >= 15 is 0 Å². The van der Waals surface area contributed by atoms with Crippen molar-refractivity contribution in [3.63, 3.8) is 0 Å². The normalized spacial score (nSPS) is 19.9. The molecule has 0 bridgehead atoms. The molecule has 0 aliphatic carbocycles. The lowest BCUT2D eigenvalue weighted by Gasteiger charge is -2.51. The molecule has 1 spiro atoms. The minimum atomic E-state index is -5.10.